The van der Waals surface area contributed by atoms with Crippen molar-refractivity contribution in [1.29, 1.82) is 0 Å². The molecule has 0 atom stereocenters. The maximum atomic E-state index is 5.86. The Hall–Kier alpha value is -1.83. The molecule has 0 fully saturated rings. The summed E-state index contributed by atoms with van der Waals surface area (Å²) in [7, 11) is 0. The molecule has 0 aliphatic heterocycles. The quantitative estimate of drug-likeness (QED) is 0.282. The molecular weight excluding hydrogens is 439 g/mol. The number of aliphatic imine (C=N–C) groups is 1. The van der Waals surface area contributed by atoms with Crippen LogP contribution in [0.1, 0.15) is 32.0 Å². The van der Waals surface area contributed by atoms with Crippen molar-refractivity contribution in [3.8, 4) is 5.75 Å². The summed E-state index contributed by atoms with van der Waals surface area (Å²) in [6, 6.07) is 14.1. The third kappa shape index (κ3) is 8.03. The van der Waals surface area contributed by atoms with Gasteiger partial charge in [-0.3, -0.25) is 9.98 Å². The zero-order valence-electron chi connectivity index (χ0n) is 15.7. The SMILES string of the molecule is CC(C)(C)c1cccc(OCCNC(N)=NCCc2ccccn2)c1.I. The highest BCUT2D eigenvalue weighted by Gasteiger charge is 2.13. The second-order valence-corrected chi connectivity index (χ2v) is 6.89. The van der Waals surface area contributed by atoms with Crippen LogP contribution in [0.3, 0.4) is 0 Å². The van der Waals surface area contributed by atoms with E-state index in [9.17, 15) is 0 Å². The number of hydrogen-bond acceptors (Lipinski definition) is 3. The van der Waals surface area contributed by atoms with E-state index in [1.165, 1.54) is 5.56 Å². The number of pyridine rings is 1. The smallest absolute Gasteiger partial charge is 0.188 e. The van der Waals surface area contributed by atoms with Crippen molar-refractivity contribution >= 4 is 29.9 Å². The first-order valence-electron chi connectivity index (χ1n) is 8.62. The van der Waals surface area contributed by atoms with E-state index in [1.54, 1.807) is 6.20 Å². The highest BCUT2D eigenvalue weighted by molar-refractivity contribution is 14.0. The second-order valence-electron chi connectivity index (χ2n) is 6.89. The van der Waals surface area contributed by atoms with Gasteiger partial charge in [0.1, 0.15) is 12.4 Å². The van der Waals surface area contributed by atoms with Crippen molar-refractivity contribution < 1.29 is 4.74 Å². The Labute approximate surface area is 173 Å². The summed E-state index contributed by atoms with van der Waals surface area (Å²) in [6.07, 6.45) is 2.56. The molecule has 3 N–H and O–H groups in total. The highest BCUT2D eigenvalue weighted by Crippen LogP contribution is 2.25. The molecule has 0 unspecified atom stereocenters. The van der Waals surface area contributed by atoms with Gasteiger partial charge in [-0.05, 0) is 35.2 Å². The standard InChI is InChI=1S/C20H28N4O.HI/c1-20(2,3)16-7-6-9-18(15-16)25-14-13-24-19(21)23-12-10-17-8-4-5-11-22-17;/h4-9,11,15H,10,12-14H2,1-3H3,(H3,21,23,24);1H. The van der Waals surface area contributed by atoms with Crippen LogP contribution in [0.4, 0.5) is 0 Å². The zero-order valence-corrected chi connectivity index (χ0v) is 18.1. The lowest BCUT2D eigenvalue weighted by atomic mass is 9.87. The average Bonchev–Trinajstić information content (AvgIpc) is 2.59. The highest BCUT2D eigenvalue weighted by atomic mass is 127. The number of benzene rings is 1. The molecule has 0 radical (unpaired) electrons. The van der Waals surface area contributed by atoms with Gasteiger partial charge in [0.15, 0.2) is 5.96 Å². The molecule has 2 rings (SSSR count). The molecule has 1 heterocycles. The summed E-state index contributed by atoms with van der Waals surface area (Å²) in [4.78, 5) is 8.56. The number of halogens is 1. The van der Waals surface area contributed by atoms with Gasteiger partial charge in [0.05, 0.1) is 6.54 Å². The Morgan fingerprint density at radius 1 is 1.19 bits per heavy atom. The number of nitrogens with zero attached hydrogens (tertiary/aromatic N) is 2. The number of hydrogen-bond donors (Lipinski definition) is 2. The number of ether oxygens (including phenoxy) is 1. The molecular formula is C20H29IN4O. The van der Waals surface area contributed by atoms with E-state index in [2.05, 4.69) is 48.2 Å². The van der Waals surface area contributed by atoms with E-state index in [0.717, 1.165) is 17.9 Å². The molecule has 2 aromatic rings. The van der Waals surface area contributed by atoms with Gasteiger partial charge in [-0.25, -0.2) is 0 Å². The molecule has 0 saturated heterocycles. The molecule has 0 saturated carbocycles. The van der Waals surface area contributed by atoms with Crippen molar-refractivity contribution in [2.24, 2.45) is 10.7 Å². The minimum Gasteiger partial charge on any atom is -0.492 e. The Kier molecular flexibility index (Phi) is 9.40. The Morgan fingerprint density at radius 2 is 2.00 bits per heavy atom. The molecule has 142 valence electrons. The summed E-state index contributed by atoms with van der Waals surface area (Å²) >= 11 is 0. The molecule has 0 aliphatic carbocycles. The van der Waals surface area contributed by atoms with Gasteiger partial charge in [-0.15, -0.1) is 24.0 Å². The summed E-state index contributed by atoms with van der Waals surface area (Å²) in [5, 5.41) is 3.07. The maximum Gasteiger partial charge on any atom is 0.188 e. The Bertz CT molecular complexity index is 684. The van der Waals surface area contributed by atoms with Crippen LogP contribution in [-0.4, -0.2) is 30.6 Å². The first-order valence-corrected chi connectivity index (χ1v) is 8.62. The van der Waals surface area contributed by atoms with E-state index in [-0.39, 0.29) is 29.4 Å². The first kappa shape index (κ1) is 22.2. The second kappa shape index (κ2) is 11.0. The van der Waals surface area contributed by atoms with E-state index in [1.807, 2.05) is 30.3 Å². The van der Waals surface area contributed by atoms with Crippen LogP contribution in [0.15, 0.2) is 53.7 Å². The normalized spacial score (nSPS) is 11.6. The third-order valence-corrected chi connectivity index (χ3v) is 3.75. The van der Waals surface area contributed by atoms with Crippen LogP contribution in [0.5, 0.6) is 5.75 Å². The average molecular weight is 468 g/mol. The van der Waals surface area contributed by atoms with Crippen LogP contribution in [0, 0.1) is 0 Å². The van der Waals surface area contributed by atoms with Gasteiger partial charge in [-0.1, -0.05) is 39.0 Å². The zero-order chi connectivity index (χ0) is 18.1. The first-order chi connectivity index (χ1) is 11.9. The maximum absolute atomic E-state index is 5.86. The summed E-state index contributed by atoms with van der Waals surface area (Å²) < 4.78 is 5.78. The van der Waals surface area contributed by atoms with Crippen LogP contribution in [0.2, 0.25) is 0 Å². The lowest BCUT2D eigenvalue weighted by molar-refractivity contribution is 0.321. The van der Waals surface area contributed by atoms with Crippen molar-refractivity contribution in [3.05, 3.63) is 59.9 Å². The molecule has 0 bridgehead atoms. The molecule has 0 spiro atoms. The summed E-state index contributed by atoms with van der Waals surface area (Å²) in [5.74, 6) is 1.31. The van der Waals surface area contributed by atoms with Crippen molar-refractivity contribution in [2.45, 2.75) is 32.6 Å². The molecule has 6 heteroatoms. The minimum absolute atomic E-state index is 0. The van der Waals surface area contributed by atoms with Gasteiger partial charge in [0.25, 0.3) is 0 Å². The van der Waals surface area contributed by atoms with Crippen LogP contribution in [-0.2, 0) is 11.8 Å². The molecule has 1 aromatic heterocycles. The van der Waals surface area contributed by atoms with Gasteiger partial charge in [-0.2, -0.15) is 0 Å². The molecule has 26 heavy (non-hydrogen) atoms. The predicted octanol–water partition coefficient (Wildman–Crippen LogP) is 3.52. The van der Waals surface area contributed by atoms with Gasteiger partial charge < -0.3 is 15.8 Å². The molecule has 0 aliphatic rings. The van der Waals surface area contributed by atoms with Crippen molar-refractivity contribution in [1.82, 2.24) is 10.3 Å². The van der Waals surface area contributed by atoms with Crippen LogP contribution >= 0.6 is 24.0 Å². The van der Waals surface area contributed by atoms with Crippen molar-refractivity contribution in [2.75, 3.05) is 19.7 Å². The van der Waals surface area contributed by atoms with Gasteiger partial charge >= 0.3 is 0 Å². The lowest BCUT2D eigenvalue weighted by Gasteiger charge is -2.19. The number of nitrogens with two attached hydrogens (primary N) is 1. The van der Waals surface area contributed by atoms with Crippen molar-refractivity contribution in [3.63, 3.8) is 0 Å². The van der Waals surface area contributed by atoms with Crippen LogP contribution < -0.4 is 15.8 Å². The summed E-state index contributed by atoms with van der Waals surface area (Å²) in [5.41, 5.74) is 8.25. The fraction of sp³-hybridized carbons (Fsp3) is 0.400. The fourth-order valence-corrected chi connectivity index (χ4v) is 2.29. The predicted molar refractivity (Wildman–Crippen MR) is 118 cm³/mol. The number of guanidine groups is 1. The number of rotatable bonds is 7. The van der Waals surface area contributed by atoms with E-state index in [4.69, 9.17) is 10.5 Å². The topological polar surface area (TPSA) is 72.5 Å². The van der Waals surface area contributed by atoms with E-state index in [0.29, 0.717) is 25.7 Å². The summed E-state index contributed by atoms with van der Waals surface area (Å²) in [6.45, 7) is 8.33. The fourth-order valence-electron chi connectivity index (χ4n) is 2.29. The largest absolute Gasteiger partial charge is 0.492 e. The minimum atomic E-state index is 0. The molecule has 0 amide bonds. The molecule has 1 aromatic carbocycles. The number of aromatic nitrogens is 1. The molecule has 5 nitrogen and oxygen atoms in total. The monoisotopic (exact) mass is 468 g/mol. The Morgan fingerprint density at radius 3 is 2.69 bits per heavy atom. The van der Waals surface area contributed by atoms with E-state index >= 15 is 0 Å². The van der Waals surface area contributed by atoms with Gasteiger partial charge in [0, 0.05) is 24.9 Å². The lowest BCUT2D eigenvalue weighted by Crippen LogP contribution is -2.35. The number of nitrogens with one attached hydrogen (secondary N) is 1. The third-order valence-electron chi connectivity index (χ3n) is 3.75. The van der Waals surface area contributed by atoms with E-state index < -0.39 is 0 Å². The Balaban J connectivity index is 0.00000338. The van der Waals surface area contributed by atoms with Gasteiger partial charge in [0.2, 0.25) is 0 Å². The van der Waals surface area contributed by atoms with Crippen LogP contribution in [0.25, 0.3) is 0 Å².